The van der Waals surface area contributed by atoms with Crippen LogP contribution in [0.3, 0.4) is 0 Å². The van der Waals surface area contributed by atoms with E-state index in [2.05, 4.69) is 39.0 Å². The number of H-pyrrole nitrogens is 1. The van der Waals surface area contributed by atoms with Crippen LogP contribution in [-0.4, -0.2) is 36.1 Å². The topological polar surface area (TPSA) is 52.2 Å². The van der Waals surface area contributed by atoms with Crippen LogP contribution < -0.4 is 15.4 Å². The normalized spacial score (nSPS) is 14.2. The van der Waals surface area contributed by atoms with Gasteiger partial charge in [0.25, 0.3) is 5.56 Å². The number of aromatic amines is 1. The Balaban J connectivity index is 1.34. The Hall–Kier alpha value is -3.67. The number of hydrogen-bond acceptors (Lipinski definition) is 4. The van der Waals surface area contributed by atoms with Crippen LogP contribution in [0.1, 0.15) is 16.8 Å². The smallest absolute Gasteiger partial charge is 0.256 e. The predicted octanol–water partition coefficient (Wildman–Crippen LogP) is 4.29. The molecule has 0 atom stereocenters. The lowest BCUT2D eigenvalue weighted by atomic mass is 9.98. The predicted molar refractivity (Wildman–Crippen MR) is 127 cm³/mol. The second kappa shape index (κ2) is 8.46. The summed E-state index contributed by atoms with van der Waals surface area (Å²) >= 11 is 0. The van der Waals surface area contributed by atoms with Crippen molar-refractivity contribution in [2.24, 2.45) is 0 Å². The van der Waals surface area contributed by atoms with E-state index < -0.39 is 0 Å². The monoisotopic (exact) mass is 428 g/mol. The Morgan fingerprint density at radius 2 is 1.59 bits per heavy atom. The van der Waals surface area contributed by atoms with E-state index in [-0.39, 0.29) is 11.4 Å². The van der Waals surface area contributed by atoms with E-state index >= 15 is 0 Å². The largest absolute Gasteiger partial charge is 0.368 e. The second-order valence-electron chi connectivity index (χ2n) is 8.22. The quantitative estimate of drug-likeness (QED) is 0.527. The van der Waals surface area contributed by atoms with Crippen molar-refractivity contribution in [3.8, 4) is 0 Å². The van der Waals surface area contributed by atoms with Crippen LogP contribution in [0.5, 0.6) is 0 Å². The van der Waals surface area contributed by atoms with Crippen molar-refractivity contribution in [3.63, 3.8) is 0 Å². The number of anilines is 2. The van der Waals surface area contributed by atoms with Crippen molar-refractivity contribution in [2.75, 3.05) is 36.0 Å². The molecule has 2 heterocycles. The van der Waals surface area contributed by atoms with E-state index in [1.54, 1.807) is 12.1 Å². The lowest BCUT2D eigenvalue weighted by molar-refractivity contribution is 0.622. The first-order valence-corrected chi connectivity index (χ1v) is 10.9. The zero-order chi connectivity index (χ0) is 22.1. The first-order valence-electron chi connectivity index (χ1n) is 10.9. The van der Waals surface area contributed by atoms with Gasteiger partial charge < -0.3 is 9.80 Å². The minimum absolute atomic E-state index is 0.0820. The minimum atomic E-state index is -0.228. The maximum absolute atomic E-state index is 13.2. The molecule has 0 bridgehead atoms. The molecule has 32 heavy (non-hydrogen) atoms. The summed E-state index contributed by atoms with van der Waals surface area (Å²) in [6.07, 6.45) is 0.550. The van der Waals surface area contributed by atoms with Crippen LogP contribution in [0.15, 0.2) is 71.5 Å². The highest BCUT2D eigenvalue weighted by atomic mass is 19.1. The van der Waals surface area contributed by atoms with Gasteiger partial charge in [0.2, 0.25) is 5.95 Å². The van der Waals surface area contributed by atoms with Crippen LogP contribution in [0.4, 0.5) is 16.0 Å². The van der Waals surface area contributed by atoms with Crippen LogP contribution in [-0.2, 0) is 6.42 Å². The van der Waals surface area contributed by atoms with Crippen LogP contribution in [0.2, 0.25) is 0 Å². The highest BCUT2D eigenvalue weighted by Gasteiger charge is 2.20. The van der Waals surface area contributed by atoms with E-state index in [1.165, 1.54) is 17.5 Å². The molecule has 5 nitrogen and oxygen atoms in total. The molecule has 0 unspecified atom stereocenters. The van der Waals surface area contributed by atoms with Gasteiger partial charge in [0.05, 0.1) is 5.69 Å². The number of aryl methyl sites for hydroxylation is 1. The van der Waals surface area contributed by atoms with Crippen molar-refractivity contribution in [1.29, 1.82) is 0 Å². The summed E-state index contributed by atoms with van der Waals surface area (Å²) in [6, 6.07) is 21.0. The van der Waals surface area contributed by atoms with E-state index in [0.717, 1.165) is 48.5 Å². The van der Waals surface area contributed by atoms with Crippen LogP contribution >= 0.6 is 0 Å². The average Bonchev–Trinajstić information content (AvgIpc) is 2.82. The van der Waals surface area contributed by atoms with Gasteiger partial charge >= 0.3 is 0 Å². The Kier molecular flexibility index (Phi) is 5.35. The summed E-state index contributed by atoms with van der Waals surface area (Å²) in [5.74, 6) is 0.390. The molecule has 4 aromatic rings. The molecular formula is C26H25FN4O. The highest BCUT2D eigenvalue weighted by Crippen LogP contribution is 2.22. The lowest BCUT2D eigenvalue weighted by Crippen LogP contribution is -2.47. The van der Waals surface area contributed by atoms with Gasteiger partial charge in [-0.2, -0.15) is 0 Å². The lowest BCUT2D eigenvalue weighted by Gasteiger charge is -2.36. The molecule has 162 valence electrons. The molecule has 6 heteroatoms. The summed E-state index contributed by atoms with van der Waals surface area (Å²) in [5, 5.41) is 2.33. The highest BCUT2D eigenvalue weighted by molar-refractivity contribution is 5.85. The summed E-state index contributed by atoms with van der Waals surface area (Å²) in [6.45, 7) is 4.96. The molecule has 0 aliphatic carbocycles. The van der Waals surface area contributed by atoms with Gasteiger partial charge in [0.15, 0.2) is 0 Å². The number of piperazine rings is 1. The van der Waals surface area contributed by atoms with Crippen molar-refractivity contribution >= 4 is 22.4 Å². The van der Waals surface area contributed by atoms with E-state index in [9.17, 15) is 9.18 Å². The molecule has 1 aliphatic heterocycles. The van der Waals surface area contributed by atoms with Crippen molar-refractivity contribution in [3.05, 3.63) is 99.7 Å². The number of rotatable bonds is 4. The number of nitrogens with one attached hydrogen (secondary N) is 1. The molecule has 1 aromatic heterocycles. The zero-order valence-corrected chi connectivity index (χ0v) is 18.0. The standard InChI is InChI=1S/C26H25FN4O/c1-18-24(17-20-7-4-6-19-5-2-3-8-23(19)20)25(32)29-26(28-18)31-15-13-30(14-16-31)22-11-9-21(27)10-12-22/h2-12H,13-17H2,1H3,(H,28,29,32). The van der Waals surface area contributed by atoms with E-state index in [1.807, 2.05) is 25.1 Å². The molecule has 0 saturated carbocycles. The SMILES string of the molecule is Cc1nc(N2CCN(c3ccc(F)cc3)CC2)[nH]c(=O)c1Cc1cccc2ccccc12. The summed E-state index contributed by atoms with van der Waals surface area (Å²) in [4.78, 5) is 25.1. The summed E-state index contributed by atoms with van der Waals surface area (Å²) in [5.41, 5.74) is 3.52. The zero-order valence-electron chi connectivity index (χ0n) is 18.0. The van der Waals surface area contributed by atoms with Crippen LogP contribution in [0, 0.1) is 12.7 Å². The van der Waals surface area contributed by atoms with Gasteiger partial charge in [-0.1, -0.05) is 42.5 Å². The average molecular weight is 429 g/mol. The number of nitrogens with zero attached hydrogens (tertiary/aromatic N) is 3. The van der Waals surface area contributed by atoms with Gasteiger partial charge in [-0.15, -0.1) is 0 Å². The summed E-state index contributed by atoms with van der Waals surface area (Å²) < 4.78 is 13.2. The fraction of sp³-hybridized carbons (Fsp3) is 0.231. The van der Waals surface area contributed by atoms with Crippen molar-refractivity contribution in [2.45, 2.75) is 13.3 Å². The molecular weight excluding hydrogens is 403 g/mol. The van der Waals surface area contributed by atoms with Crippen LogP contribution in [0.25, 0.3) is 10.8 Å². The molecule has 5 rings (SSSR count). The number of fused-ring (bicyclic) bond motifs is 1. The van der Waals surface area contributed by atoms with E-state index in [4.69, 9.17) is 4.98 Å². The van der Waals surface area contributed by atoms with Gasteiger partial charge in [-0.05, 0) is 47.5 Å². The first-order chi connectivity index (χ1) is 15.6. The number of benzene rings is 3. The third-order valence-corrected chi connectivity index (χ3v) is 6.23. The molecule has 1 aliphatic rings. The van der Waals surface area contributed by atoms with Gasteiger partial charge in [0, 0.05) is 43.9 Å². The Bertz CT molecular complexity index is 1300. The Labute approximate surface area is 186 Å². The fourth-order valence-corrected chi connectivity index (χ4v) is 4.42. The molecule has 0 spiro atoms. The van der Waals surface area contributed by atoms with E-state index in [0.29, 0.717) is 17.9 Å². The maximum Gasteiger partial charge on any atom is 0.256 e. The van der Waals surface area contributed by atoms with Crippen molar-refractivity contribution < 1.29 is 4.39 Å². The molecule has 3 aromatic carbocycles. The first kappa shape index (κ1) is 20.2. The second-order valence-corrected chi connectivity index (χ2v) is 8.22. The Morgan fingerprint density at radius 3 is 2.34 bits per heavy atom. The minimum Gasteiger partial charge on any atom is -0.368 e. The summed E-state index contributed by atoms with van der Waals surface area (Å²) in [7, 11) is 0. The maximum atomic E-state index is 13.2. The van der Waals surface area contributed by atoms with Gasteiger partial charge in [0.1, 0.15) is 5.82 Å². The molecule has 1 fully saturated rings. The third kappa shape index (κ3) is 3.96. The van der Waals surface area contributed by atoms with Crippen molar-refractivity contribution in [1.82, 2.24) is 9.97 Å². The third-order valence-electron chi connectivity index (χ3n) is 6.23. The molecule has 0 radical (unpaired) electrons. The molecule has 1 N–H and O–H groups in total. The molecule has 0 amide bonds. The number of hydrogen-bond donors (Lipinski definition) is 1. The fourth-order valence-electron chi connectivity index (χ4n) is 4.42. The Morgan fingerprint density at radius 1 is 0.906 bits per heavy atom. The van der Waals surface area contributed by atoms with Gasteiger partial charge in [-0.3, -0.25) is 9.78 Å². The van der Waals surface area contributed by atoms with Gasteiger partial charge in [-0.25, -0.2) is 9.37 Å². The number of aromatic nitrogens is 2. The number of halogens is 1. The molecule has 1 saturated heterocycles.